The highest BCUT2D eigenvalue weighted by molar-refractivity contribution is 6.16. The molecule has 1 unspecified atom stereocenters. The smallest absolute Gasteiger partial charge is 0.235 e. The van der Waals surface area contributed by atoms with Gasteiger partial charge in [0, 0.05) is 30.4 Å². The summed E-state index contributed by atoms with van der Waals surface area (Å²) in [5.74, 6) is -2.26. The molecule has 0 saturated carbocycles. The number of carbonyl (C=O) groups excluding carboxylic acids is 3. The Bertz CT molecular complexity index is 1080. The number of nitrogens with zero attached hydrogens (tertiary/aromatic N) is 2. The normalized spacial score (nSPS) is 13.7. The fraction of sp³-hybridized carbons (Fsp3) is 0.200. The van der Waals surface area contributed by atoms with Gasteiger partial charge in [0.15, 0.2) is 5.78 Å². The van der Waals surface area contributed by atoms with Gasteiger partial charge in [-0.3, -0.25) is 19.4 Å². The molecule has 1 aromatic heterocycles. The number of fused-ring (bicyclic) bond motifs is 1. The molecule has 156 valence electrons. The van der Waals surface area contributed by atoms with E-state index in [0.717, 1.165) is 24.1 Å². The number of carbonyl (C=O) groups is 3. The Morgan fingerprint density at radius 1 is 0.968 bits per heavy atom. The van der Waals surface area contributed by atoms with Crippen LogP contribution in [0.4, 0.5) is 11.4 Å². The zero-order valence-corrected chi connectivity index (χ0v) is 17.0. The molecule has 0 bridgehead atoms. The lowest BCUT2D eigenvalue weighted by Gasteiger charge is -2.30. The van der Waals surface area contributed by atoms with Gasteiger partial charge in [-0.2, -0.15) is 0 Å². The van der Waals surface area contributed by atoms with Gasteiger partial charge < -0.3 is 10.2 Å². The molecule has 0 saturated heterocycles. The Hall–Kier alpha value is -3.80. The highest BCUT2D eigenvalue weighted by Gasteiger charge is 2.33. The van der Waals surface area contributed by atoms with Gasteiger partial charge in [0.2, 0.25) is 11.8 Å². The molecular weight excluding hydrogens is 390 g/mol. The largest absolute Gasteiger partial charge is 0.324 e. The monoisotopic (exact) mass is 413 g/mol. The first-order chi connectivity index (χ1) is 15.1. The SMILES string of the molecule is O=C(Nc1cccnc1)C(CC(=O)N1CCCc2ccccc21)C(=O)c1ccccc1. The predicted octanol–water partition coefficient (Wildman–Crippen LogP) is 3.89. The molecule has 2 heterocycles. The first-order valence-corrected chi connectivity index (χ1v) is 10.3. The maximum atomic E-state index is 13.2. The number of amides is 2. The van der Waals surface area contributed by atoms with E-state index in [1.807, 2.05) is 24.3 Å². The molecule has 6 heteroatoms. The summed E-state index contributed by atoms with van der Waals surface area (Å²) < 4.78 is 0. The zero-order valence-electron chi connectivity index (χ0n) is 17.0. The van der Waals surface area contributed by atoms with E-state index in [-0.39, 0.29) is 18.1 Å². The van der Waals surface area contributed by atoms with Crippen molar-refractivity contribution in [2.45, 2.75) is 19.3 Å². The number of rotatable bonds is 6. The van der Waals surface area contributed by atoms with Crippen molar-refractivity contribution in [1.82, 2.24) is 4.98 Å². The van der Waals surface area contributed by atoms with Gasteiger partial charge in [-0.25, -0.2) is 0 Å². The predicted molar refractivity (Wildman–Crippen MR) is 119 cm³/mol. The second-order valence-electron chi connectivity index (χ2n) is 7.50. The molecule has 1 atom stereocenters. The molecule has 0 spiro atoms. The van der Waals surface area contributed by atoms with Gasteiger partial charge in [0.25, 0.3) is 0 Å². The minimum absolute atomic E-state index is 0.200. The van der Waals surface area contributed by atoms with Crippen molar-refractivity contribution in [3.8, 4) is 0 Å². The molecule has 1 N–H and O–H groups in total. The number of ketones is 1. The fourth-order valence-corrected chi connectivity index (χ4v) is 3.85. The molecule has 0 aliphatic carbocycles. The van der Waals surface area contributed by atoms with Crippen molar-refractivity contribution in [2.24, 2.45) is 5.92 Å². The zero-order chi connectivity index (χ0) is 21.6. The average molecular weight is 413 g/mol. The Kier molecular flexibility index (Phi) is 6.17. The molecule has 6 nitrogen and oxygen atoms in total. The third-order valence-electron chi connectivity index (χ3n) is 5.41. The van der Waals surface area contributed by atoms with Crippen molar-refractivity contribution >= 4 is 29.0 Å². The summed E-state index contributed by atoms with van der Waals surface area (Å²) in [6, 6.07) is 19.8. The molecule has 1 aliphatic rings. The van der Waals surface area contributed by atoms with Crippen molar-refractivity contribution in [2.75, 3.05) is 16.8 Å². The number of aryl methyl sites for hydroxylation is 1. The van der Waals surface area contributed by atoms with Crippen LogP contribution in [0.1, 0.15) is 28.8 Å². The van der Waals surface area contributed by atoms with E-state index in [0.29, 0.717) is 17.8 Å². The van der Waals surface area contributed by atoms with Crippen LogP contribution in [0.3, 0.4) is 0 Å². The van der Waals surface area contributed by atoms with E-state index >= 15 is 0 Å². The molecule has 2 amide bonds. The van der Waals surface area contributed by atoms with Crippen LogP contribution in [0.25, 0.3) is 0 Å². The van der Waals surface area contributed by atoms with E-state index < -0.39 is 11.8 Å². The van der Waals surface area contributed by atoms with Crippen LogP contribution in [0.2, 0.25) is 0 Å². The summed E-state index contributed by atoms with van der Waals surface area (Å²) in [6.07, 6.45) is 4.66. The van der Waals surface area contributed by atoms with Gasteiger partial charge in [-0.05, 0) is 36.6 Å². The van der Waals surface area contributed by atoms with Crippen LogP contribution in [0.5, 0.6) is 0 Å². The molecule has 31 heavy (non-hydrogen) atoms. The van der Waals surface area contributed by atoms with Crippen LogP contribution >= 0.6 is 0 Å². The van der Waals surface area contributed by atoms with E-state index in [2.05, 4.69) is 10.3 Å². The third-order valence-corrected chi connectivity index (χ3v) is 5.41. The van der Waals surface area contributed by atoms with Gasteiger partial charge >= 0.3 is 0 Å². The summed E-state index contributed by atoms with van der Waals surface area (Å²) in [6.45, 7) is 0.576. The summed E-state index contributed by atoms with van der Waals surface area (Å²) in [5, 5.41) is 2.73. The van der Waals surface area contributed by atoms with E-state index in [1.165, 1.54) is 6.20 Å². The lowest BCUT2D eigenvalue weighted by Crippen LogP contribution is -2.40. The van der Waals surface area contributed by atoms with E-state index in [9.17, 15) is 14.4 Å². The van der Waals surface area contributed by atoms with Gasteiger partial charge in [0.05, 0.1) is 11.9 Å². The van der Waals surface area contributed by atoms with Gasteiger partial charge in [0.1, 0.15) is 5.92 Å². The maximum Gasteiger partial charge on any atom is 0.235 e. The number of hydrogen-bond acceptors (Lipinski definition) is 4. The number of pyridine rings is 1. The summed E-state index contributed by atoms with van der Waals surface area (Å²) in [7, 11) is 0. The first kappa shape index (κ1) is 20.5. The Morgan fingerprint density at radius 3 is 2.52 bits per heavy atom. The summed E-state index contributed by atoms with van der Waals surface area (Å²) in [5.41, 5.74) is 2.85. The van der Waals surface area contributed by atoms with Crippen molar-refractivity contribution in [1.29, 1.82) is 0 Å². The Morgan fingerprint density at radius 2 is 1.74 bits per heavy atom. The number of para-hydroxylation sites is 1. The summed E-state index contributed by atoms with van der Waals surface area (Å²) in [4.78, 5) is 45.2. The Balaban J connectivity index is 1.59. The molecule has 1 aliphatic heterocycles. The minimum atomic E-state index is -1.14. The topological polar surface area (TPSA) is 79.4 Å². The lowest BCUT2D eigenvalue weighted by atomic mass is 9.92. The van der Waals surface area contributed by atoms with Crippen molar-refractivity contribution in [3.05, 3.63) is 90.3 Å². The standard InChI is InChI=1S/C25H23N3O3/c29-23(28-15-7-11-18-8-4-5-13-22(18)28)16-21(24(30)19-9-2-1-3-10-19)25(31)27-20-12-6-14-26-17-20/h1-6,8-10,12-14,17,21H,7,11,15-16H2,(H,27,31). The fourth-order valence-electron chi connectivity index (χ4n) is 3.85. The second-order valence-corrected chi connectivity index (χ2v) is 7.50. The van der Waals surface area contributed by atoms with Crippen LogP contribution < -0.4 is 10.2 Å². The van der Waals surface area contributed by atoms with Crippen LogP contribution in [-0.4, -0.2) is 29.1 Å². The van der Waals surface area contributed by atoms with Gasteiger partial charge in [-0.1, -0.05) is 48.5 Å². The summed E-state index contributed by atoms with van der Waals surface area (Å²) >= 11 is 0. The average Bonchev–Trinajstić information content (AvgIpc) is 2.82. The van der Waals surface area contributed by atoms with Crippen molar-refractivity contribution in [3.63, 3.8) is 0 Å². The number of nitrogens with one attached hydrogen (secondary N) is 1. The first-order valence-electron chi connectivity index (χ1n) is 10.3. The van der Waals surface area contributed by atoms with E-state index in [4.69, 9.17) is 0 Å². The van der Waals surface area contributed by atoms with Gasteiger partial charge in [-0.15, -0.1) is 0 Å². The number of Topliss-reactive ketones (excluding diaryl/α,β-unsaturated/α-hetero) is 1. The number of benzene rings is 2. The minimum Gasteiger partial charge on any atom is -0.324 e. The second kappa shape index (κ2) is 9.34. The van der Waals surface area contributed by atoms with Crippen molar-refractivity contribution < 1.29 is 14.4 Å². The van der Waals surface area contributed by atoms with Crippen LogP contribution in [0, 0.1) is 5.92 Å². The van der Waals surface area contributed by atoms with E-state index in [1.54, 1.807) is 53.6 Å². The lowest BCUT2D eigenvalue weighted by molar-refractivity contribution is -0.124. The quantitative estimate of drug-likeness (QED) is 0.491. The number of anilines is 2. The highest BCUT2D eigenvalue weighted by Crippen LogP contribution is 2.28. The highest BCUT2D eigenvalue weighted by atomic mass is 16.2. The van der Waals surface area contributed by atoms with Crippen LogP contribution in [-0.2, 0) is 16.0 Å². The maximum absolute atomic E-state index is 13.2. The molecule has 3 aromatic rings. The number of hydrogen-bond donors (Lipinski definition) is 1. The molecule has 0 fully saturated rings. The molecular formula is C25H23N3O3. The Labute approximate surface area is 180 Å². The third kappa shape index (κ3) is 4.69. The number of aromatic nitrogens is 1. The van der Waals surface area contributed by atoms with Crippen LogP contribution in [0.15, 0.2) is 79.1 Å². The molecule has 2 aromatic carbocycles. The molecule has 0 radical (unpaired) electrons. The molecule has 4 rings (SSSR count).